The summed E-state index contributed by atoms with van der Waals surface area (Å²) >= 11 is 1.96. The lowest BCUT2D eigenvalue weighted by molar-refractivity contribution is 1.35. The molecular formula is C18H21SSi-. The van der Waals surface area contributed by atoms with Gasteiger partial charge in [-0.15, -0.1) is 29.3 Å². The van der Waals surface area contributed by atoms with Crippen molar-refractivity contribution in [3.8, 4) is 11.8 Å². The average molecular weight is 298 g/mol. The van der Waals surface area contributed by atoms with Crippen molar-refractivity contribution in [3.05, 3.63) is 59.7 Å². The van der Waals surface area contributed by atoms with E-state index in [-0.39, 0.29) is 0 Å². The van der Waals surface area contributed by atoms with Gasteiger partial charge in [-0.3, -0.25) is 0 Å². The summed E-state index contributed by atoms with van der Waals surface area (Å²) in [6.07, 6.45) is 0. The van der Waals surface area contributed by atoms with Crippen LogP contribution in [-0.4, -0.2) is 13.8 Å². The largest absolute Gasteiger partial charge is 0.187 e. The molecule has 2 aromatic carbocycles. The van der Waals surface area contributed by atoms with Crippen LogP contribution in [-0.2, 0) is 0 Å². The van der Waals surface area contributed by atoms with Crippen LogP contribution in [0.15, 0.2) is 53.4 Å². The van der Waals surface area contributed by atoms with E-state index in [1.807, 2.05) is 36.0 Å². The molecule has 0 nitrogen and oxygen atoms in total. The summed E-state index contributed by atoms with van der Waals surface area (Å²) in [4.78, 5) is 1.35. The van der Waals surface area contributed by atoms with Gasteiger partial charge in [-0.05, 0) is 36.1 Å². The van der Waals surface area contributed by atoms with Crippen LogP contribution in [0.2, 0.25) is 25.7 Å². The molecule has 0 heterocycles. The minimum absolute atomic E-state index is 0.909. The molecule has 0 N–H and O–H groups in total. The summed E-state index contributed by atoms with van der Waals surface area (Å²) in [5.41, 5.74) is 2.17. The van der Waals surface area contributed by atoms with E-state index in [1.165, 1.54) is 16.7 Å². The van der Waals surface area contributed by atoms with E-state index in [9.17, 15) is 0 Å². The molecule has 0 spiro atoms. The lowest BCUT2D eigenvalue weighted by Gasteiger charge is -2.14. The van der Waals surface area contributed by atoms with E-state index < -0.39 is 8.07 Å². The molecule has 0 aliphatic heterocycles. The van der Waals surface area contributed by atoms with Crippen molar-refractivity contribution in [2.24, 2.45) is 0 Å². The van der Waals surface area contributed by atoms with Crippen LogP contribution in [0.5, 0.6) is 0 Å². The van der Waals surface area contributed by atoms with Crippen molar-refractivity contribution in [1.82, 2.24) is 0 Å². The molecule has 0 radical (unpaired) electrons. The number of thioether (sulfide) groups is 1. The molecule has 0 aromatic heterocycles. The van der Waals surface area contributed by atoms with Gasteiger partial charge in [-0.1, -0.05) is 19.6 Å². The molecule has 0 fully saturated rings. The highest BCUT2D eigenvalue weighted by atomic mass is 32.2. The molecular weight excluding hydrogens is 276 g/mol. The van der Waals surface area contributed by atoms with Crippen LogP contribution < -0.4 is 0 Å². The first-order chi connectivity index (χ1) is 9.53. The maximum atomic E-state index is 3.20. The van der Waals surface area contributed by atoms with Gasteiger partial charge >= 0.3 is 0 Å². The second kappa shape index (κ2) is 6.92. The minimum atomic E-state index is -0.909. The molecule has 2 heteroatoms. The summed E-state index contributed by atoms with van der Waals surface area (Å²) in [5, 5.41) is 0. The standard InChI is InChI=1S/C18H21SSi/c1-20(2,3)15-14-19-18-12-10-17(11-13-18)9-8-16-6-4-5-7-16/h4-7,10-13H,14-15H2,1-3H3/q-1. The number of rotatable bonds is 4. The second-order valence-corrected chi connectivity index (χ2v) is 12.9. The Balaban J connectivity index is 1.90. The zero-order valence-corrected chi connectivity index (χ0v) is 14.3. The third-order valence-corrected chi connectivity index (χ3v) is 6.12. The number of hydrogen-bond donors (Lipinski definition) is 0. The van der Waals surface area contributed by atoms with Gasteiger partial charge in [-0.25, -0.2) is 0 Å². The average Bonchev–Trinajstić information content (AvgIpc) is 2.89. The molecule has 20 heavy (non-hydrogen) atoms. The fraction of sp³-hybridized carbons (Fsp3) is 0.278. The minimum Gasteiger partial charge on any atom is -0.187 e. The Hall–Kier alpha value is -1.30. The lowest BCUT2D eigenvalue weighted by Crippen LogP contribution is -2.19. The monoisotopic (exact) mass is 297 g/mol. The van der Waals surface area contributed by atoms with Crippen LogP contribution in [0.1, 0.15) is 11.1 Å². The van der Waals surface area contributed by atoms with Crippen molar-refractivity contribution in [1.29, 1.82) is 0 Å². The van der Waals surface area contributed by atoms with Gasteiger partial charge in [0.05, 0.1) is 0 Å². The summed E-state index contributed by atoms with van der Waals surface area (Å²) in [6, 6.07) is 18.1. The van der Waals surface area contributed by atoms with E-state index in [2.05, 4.69) is 55.7 Å². The number of benzene rings is 1. The summed E-state index contributed by atoms with van der Waals surface area (Å²) < 4.78 is 0. The zero-order chi connectivity index (χ0) is 14.4. The molecule has 0 unspecified atom stereocenters. The van der Waals surface area contributed by atoms with Crippen molar-refractivity contribution >= 4 is 19.8 Å². The molecule has 2 aromatic rings. The van der Waals surface area contributed by atoms with E-state index in [1.54, 1.807) is 0 Å². The van der Waals surface area contributed by atoms with Gasteiger partial charge in [0.15, 0.2) is 0 Å². The van der Waals surface area contributed by atoms with Crippen molar-refractivity contribution in [3.63, 3.8) is 0 Å². The first-order valence-corrected chi connectivity index (χ1v) is 11.7. The summed E-state index contributed by atoms with van der Waals surface area (Å²) in [5.74, 6) is 7.60. The molecule has 0 atom stereocenters. The Labute approximate surface area is 128 Å². The van der Waals surface area contributed by atoms with E-state index in [0.29, 0.717) is 0 Å². The molecule has 0 aliphatic carbocycles. The highest BCUT2D eigenvalue weighted by Gasteiger charge is 2.11. The van der Waals surface area contributed by atoms with Crippen LogP contribution >= 0.6 is 11.8 Å². The van der Waals surface area contributed by atoms with Gasteiger partial charge in [0, 0.05) is 18.5 Å². The van der Waals surface area contributed by atoms with Gasteiger partial charge in [0.25, 0.3) is 0 Å². The van der Waals surface area contributed by atoms with Crippen LogP contribution in [0.4, 0.5) is 0 Å². The molecule has 0 bridgehead atoms. The Kier molecular flexibility index (Phi) is 5.22. The highest BCUT2D eigenvalue weighted by Crippen LogP contribution is 2.22. The van der Waals surface area contributed by atoms with Crippen LogP contribution in [0.3, 0.4) is 0 Å². The first kappa shape index (κ1) is 15.1. The van der Waals surface area contributed by atoms with Crippen molar-refractivity contribution in [2.45, 2.75) is 30.6 Å². The Morgan fingerprint density at radius 1 is 1.05 bits per heavy atom. The third kappa shape index (κ3) is 5.36. The molecule has 0 amide bonds. The highest BCUT2D eigenvalue weighted by molar-refractivity contribution is 7.99. The second-order valence-electron chi connectivity index (χ2n) is 6.11. The maximum absolute atomic E-state index is 3.20. The molecule has 104 valence electrons. The molecule has 2 rings (SSSR count). The zero-order valence-electron chi connectivity index (χ0n) is 12.4. The topological polar surface area (TPSA) is 0 Å². The Morgan fingerprint density at radius 3 is 2.40 bits per heavy atom. The predicted molar refractivity (Wildman–Crippen MR) is 93.3 cm³/mol. The molecule has 0 saturated heterocycles. The van der Waals surface area contributed by atoms with Gasteiger partial charge in [0.2, 0.25) is 0 Å². The fourth-order valence-corrected chi connectivity index (χ4v) is 5.13. The molecule has 0 aliphatic rings. The third-order valence-electron chi connectivity index (χ3n) is 2.99. The fourth-order valence-electron chi connectivity index (χ4n) is 1.71. The van der Waals surface area contributed by atoms with E-state index >= 15 is 0 Å². The van der Waals surface area contributed by atoms with Crippen molar-refractivity contribution < 1.29 is 0 Å². The molecule has 0 saturated carbocycles. The van der Waals surface area contributed by atoms with Crippen LogP contribution in [0, 0.1) is 11.8 Å². The normalized spacial score (nSPS) is 10.9. The summed E-state index contributed by atoms with van der Waals surface area (Å²) in [6.45, 7) is 7.28. The Morgan fingerprint density at radius 2 is 1.80 bits per heavy atom. The van der Waals surface area contributed by atoms with Gasteiger partial charge < -0.3 is 0 Å². The Bertz CT molecular complexity index is 577. The quantitative estimate of drug-likeness (QED) is 0.322. The van der Waals surface area contributed by atoms with Crippen molar-refractivity contribution in [2.75, 3.05) is 5.75 Å². The maximum Gasteiger partial charge on any atom is 0.0450 e. The summed E-state index contributed by atoms with van der Waals surface area (Å²) in [7, 11) is -0.909. The smallest absolute Gasteiger partial charge is 0.0450 e. The first-order valence-electron chi connectivity index (χ1n) is 7.00. The number of hydrogen-bond acceptors (Lipinski definition) is 1. The lowest BCUT2D eigenvalue weighted by atomic mass is 10.2. The van der Waals surface area contributed by atoms with Crippen LogP contribution in [0.25, 0.3) is 0 Å². The van der Waals surface area contributed by atoms with Gasteiger partial charge in [-0.2, -0.15) is 24.1 Å². The van der Waals surface area contributed by atoms with E-state index in [0.717, 1.165) is 11.1 Å². The van der Waals surface area contributed by atoms with E-state index in [4.69, 9.17) is 0 Å². The SMILES string of the molecule is C[Si](C)(C)CCSc1ccc(C#Cc2ccc[cH-]2)cc1. The predicted octanol–water partition coefficient (Wildman–Crippen LogP) is 5.24. The van der Waals surface area contributed by atoms with Gasteiger partial charge in [0.1, 0.15) is 0 Å².